The van der Waals surface area contributed by atoms with Crippen LogP contribution >= 0.6 is 0 Å². The number of ether oxygens (including phenoxy) is 6. The van der Waals surface area contributed by atoms with Crippen LogP contribution in [0.4, 0.5) is 9.59 Å². The summed E-state index contributed by atoms with van der Waals surface area (Å²) in [5.41, 5.74) is 2.04. The number of Topliss-reactive ketones (excluding diaryl/α,β-unsaturated/α-hetero) is 1. The Kier molecular flexibility index (Phi) is 19.0. The van der Waals surface area contributed by atoms with E-state index in [2.05, 4.69) is 33.3 Å². The number of aliphatic hydroxyl groups excluding tert-OH is 2. The number of carbonyl (C=O) groups excluding carboxylic acids is 3. The molecule has 0 unspecified atom stereocenters. The van der Waals surface area contributed by atoms with E-state index in [0.717, 1.165) is 62.2 Å². The summed E-state index contributed by atoms with van der Waals surface area (Å²) in [7, 11) is 4.27. The topological polar surface area (TPSA) is 209 Å². The van der Waals surface area contributed by atoms with E-state index in [1.54, 1.807) is 58.1 Å². The maximum absolute atomic E-state index is 12.7. The number of carbonyl (C=O) groups is 3. The first-order valence-electron chi connectivity index (χ1n) is 20.9. The minimum Gasteiger partial charge on any atom is -0.515 e. The van der Waals surface area contributed by atoms with Crippen molar-refractivity contribution in [2.24, 2.45) is 5.84 Å². The van der Waals surface area contributed by atoms with Crippen molar-refractivity contribution in [2.45, 2.75) is 104 Å². The molecule has 4 aliphatic rings. The van der Waals surface area contributed by atoms with Crippen molar-refractivity contribution in [1.82, 2.24) is 25.0 Å². The van der Waals surface area contributed by atoms with Crippen LogP contribution in [0.2, 0.25) is 0 Å². The second-order valence-corrected chi connectivity index (χ2v) is 17.1. The number of likely N-dealkylation sites (tertiary alicyclic amines) is 1. The van der Waals surface area contributed by atoms with Gasteiger partial charge in [0.2, 0.25) is 0 Å². The molecule has 5 heterocycles. The highest BCUT2D eigenvalue weighted by Crippen LogP contribution is 2.49. The summed E-state index contributed by atoms with van der Waals surface area (Å²) in [5.74, 6) is 6.65. The van der Waals surface area contributed by atoms with Crippen molar-refractivity contribution in [1.29, 1.82) is 0 Å². The number of hydrogen-bond acceptors (Lipinski definition) is 14. The minimum atomic E-state index is -0.904. The fourth-order valence-corrected chi connectivity index (χ4v) is 7.46. The molecule has 0 radical (unpaired) electrons. The van der Waals surface area contributed by atoms with Crippen LogP contribution in [0.1, 0.15) is 90.6 Å². The monoisotopic (exact) mass is 883 g/mol. The number of rotatable bonds is 6. The molecule has 4 aliphatic heterocycles. The van der Waals surface area contributed by atoms with Gasteiger partial charge in [0.25, 0.3) is 0 Å². The number of benzene rings is 2. The van der Waals surface area contributed by atoms with Gasteiger partial charge in [-0.3, -0.25) is 9.48 Å². The second-order valence-electron chi connectivity index (χ2n) is 17.1. The van der Waals surface area contributed by atoms with Crippen molar-refractivity contribution in [3.63, 3.8) is 0 Å². The lowest BCUT2D eigenvalue weighted by Gasteiger charge is -2.44. The standard InChI is InChI=1S/C19H23NO5.C17H21N3O2.C8H18N2O3.CH4O.CH4/c1-18(2,3)25-17(23)20-10-8-19(9-11-20)14(12-21)16(22)13-6-4-5-7-15(13)24-19;1-21-11-10-20-16-13-4-2-3-5-15(13)22-17(14(16)12-19-20)6-8-18-9-7-17;1-8(2,3)13-7(11)10(9)5-6-12-4;1-2;/h4-7,12,21H,8-11H2,1-3H3;2-5,12,18H,6-11H2,1H3;5-6,9H2,1-4H3;2H,1H3;1H4/b14-12+;;;;. The van der Waals surface area contributed by atoms with Crippen molar-refractivity contribution in [3.05, 3.63) is 77.7 Å². The Labute approximate surface area is 372 Å². The number of methoxy groups -OCH3 is 2. The first kappa shape index (κ1) is 52.1. The molecular weight excluding hydrogens is 813 g/mol. The van der Waals surface area contributed by atoms with Crippen LogP contribution in [-0.4, -0.2) is 132 Å². The van der Waals surface area contributed by atoms with Crippen molar-refractivity contribution in [3.8, 4) is 22.8 Å². The predicted octanol–water partition coefficient (Wildman–Crippen LogP) is 6.63. The SMILES string of the molecule is C.CC(C)(C)OC(=O)N1CCC2(CC1)Oc1ccccc1C(=O)/C2=C\O.CO.COCCN(N)C(=O)OC(C)(C)C.COCCn1ncc2c1-c1ccccc1OC21CCNCC1. The van der Waals surface area contributed by atoms with Crippen LogP contribution in [0.15, 0.2) is 66.6 Å². The van der Waals surface area contributed by atoms with E-state index in [9.17, 15) is 19.5 Å². The Morgan fingerprint density at radius 1 is 0.857 bits per heavy atom. The number of aliphatic hydroxyl groups is 2. The van der Waals surface area contributed by atoms with E-state index in [1.807, 2.05) is 39.1 Å². The van der Waals surface area contributed by atoms with Gasteiger partial charge in [-0.25, -0.2) is 20.4 Å². The zero-order chi connectivity index (χ0) is 45.7. The average Bonchev–Trinajstić information content (AvgIpc) is 3.68. The lowest BCUT2D eigenvalue weighted by molar-refractivity contribution is -0.00642. The summed E-state index contributed by atoms with van der Waals surface area (Å²) in [6.07, 6.45) is 4.71. The molecule has 2 amide bonds. The fraction of sp³-hybridized carbons (Fsp3) is 0.565. The Bertz CT molecular complexity index is 1970. The van der Waals surface area contributed by atoms with Gasteiger partial charge in [0.15, 0.2) is 5.78 Å². The van der Waals surface area contributed by atoms with E-state index in [1.165, 1.54) is 11.3 Å². The highest BCUT2D eigenvalue weighted by molar-refractivity contribution is 6.12. The van der Waals surface area contributed by atoms with Crippen LogP contribution in [0.3, 0.4) is 0 Å². The number of fused-ring (bicyclic) bond motifs is 5. The molecular formula is C46H70N6O11. The van der Waals surface area contributed by atoms with E-state index in [0.29, 0.717) is 57.0 Å². The van der Waals surface area contributed by atoms with Gasteiger partial charge < -0.3 is 48.9 Å². The minimum absolute atomic E-state index is 0. The fourth-order valence-electron chi connectivity index (χ4n) is 7.46. The van der Waals surface area contributed by atoms with Crippen LogP contribution in [0.5, 0.6) is 11.5 Å². The van der Waals surface area contributed by atoms with E-state index in [-0.39, 0.29) is 30.5 Å². The van der Waals surface area contributed by atoms with E-state index >= 15 is 0 Å². The first-order valence-corrected chi connectivity index (χ1v) is 20.9. The second kappa shape index (κ2) is 22.9. The molecule has 1 aromatic heterocycles. The van der Waals surface area contributed by atoms with Gasteiger partial charge in [-0.2, -0.15) is 5.10 Å². The van der Waals surface area contributed by atoms with Crippen LogP contribution < -0.4 is 20.6 Å². The number of piperidine rings is 2. The Hall–Kier alpha value is -5.20. The maximum Gasteiger partial charge on any atom is 0.424 e. The lowest BCUT2D eigenvalue weighted by atomic mass is 9.78. The Balaban J connectivity index is 0.000000256. The Morgan fingerprint density at radius 2 is 1.40 bits per heavy atom. The van der Waals surface area contributed by atoms with Crippen molar-refractivity contribution < 1.29 is 53.0 Å². The number of ketones is 1. The molecule has 350 valence electrons. The molecule has 2 spiro atoms. The molecule has 7 rings (SSSR count). The van der Waals surface area contributed by atoms with Crippen LogP contribution in [-0.2, 0) is 31.1 Å². The summed E-state index contributed by atoms with van der Waals surface area (Å²) in [6, 6.07) is 15.3. The summed E-state index contributed by atoms with van der Waals surface area (Å²) in [5, 5.41) is 25.7. The molecule has 2 saturated heterocycles. The number of nitrogens with zero attached hydrogens (tertiary/aromatic N) is 4. The number of amides is 2. The van der Waals surface area contributed by atoms with Crippen LogP contribution in [0.25, 0.3) is 11.3 Å². The quantitative estimate of drug-likeness (QED) is 0.0674. The highest BCUT2D eigenvalue weighted by atomic mass is 16.6. The van der Waals surface area contributed by atoms with Gasteiger partial charge >= 0.3 is 12.2 Å². The largest absolute Gasteiger partial charge is 0.515 e. The molecule has 63 heavy (non-hydrogen) atoms. The molecule has 0 atom stereocenters. The van der Waals surface area contributed by atoms with E-state index in [4.69, 9.17) is 39.4 Å². The molecule has 17 nitrogen and oxygen atoms in total. The van der Waals surface area contributed by atoms with Crippen molar-refractivity contribution in [2.75, 3.05) is 67.3 Å². The third-order valence-corrected chi connectivity index (χ3v) is 10.4. The summed E-state index contributed by atoms with van der Waals surface area (Å²) >= 11 is 0. The molecule has 0 bridgehead atoms. The lowest BCUT2D eigenvalue weighted by Crippen LogP contribution is -2.54. The zero-order valence-electron chi connectivity index (χ0n) is 37.7. The normalized spacial score (nSPS) is 17.2. The number of hydrazine groups is 1. The number of nitrogens with one attached hydrogen (secondary N) is 1. The molecule has 0 saturated carbocycles. The zero-order valence-corrected chi connectivity index (χ0v) is 37.7. The average molecular weight is 883 g/mol. The van der Waals surface area contributed by atoms with Gasteiger partial charge in [0.05, 0.1) is 55.6 Å². The van der Waals surface area contributed by atoms with Gasteiger partial charge in [0.1, 0.15) is 33.9 Å². The number of nitrogens with two attached hydrogens (primary N) is 1. The molecule has 2 aromatic carbocycles. The maximum atomic E-state index is 12.7. The van der Waals surface area contributed by atoms with E-state index < -0.39 is 22.9 Å². The Morgan fingerprint density at radius 3 is 1.95 bits per heavy atom. The number of hydrogen-bond donors (Lipinski definition) is 4. The third-order valence-electron chi connectivity index (χ3n) is 10.4. The molecule has 3 aromatic rings. The van der Waals surface area contributed by atoms with Gasteiger partial charge in [0, 0.05) is 71.2 Å². The predicted molar refractivity (Wildman–Crippen MR) is 240 cm³/mol. The van der Waals surface area contributed by atoms with Crippen molar-refractivity contribution >= 4 is 18.0 Å². The highest BCUT2D eigenvalue weighted by Gasteiger charge is 2.49. The molecule has 2 fully saturated rings. The molecule has 0 aliphatic carbocycles. The van der Waals surface area contributed by atoms with Gasteiger partial charge in [-0.1, -0.05) is 31.7 Å². The molecule has 5 N–H and O–H groups in total. The summed E-state index contributed by atoms with van der Waals surface area (Å²) in [6.45, 7) is 15.7. The van der Waals surface area contributed by atoms with Gasteiger partial charge in [-0.05, 0) is 78.9 Å². The third kappa shape index (κ3) is 13.2. The first-order chi connectivity index (χ1) is 29.5. The summed E-state index contributed by atoms with van der Waals surface area (Å²) < 4.78 is 35.1. The smallest absolute Gasteiger partial charge is 0.424 e. The molecule has 17 heteroatoms. The number of aromatic nitrogens is 2. The summed E-state index contributed by atoms with van der Waals surface area (Å²) in [4.78, 5) is 37.7. The van der Waals surface area contributed by atoms with Crippen LogP contribution in [0, 0.1) is 0 Å². The number of para-hydroxylation sites is 2. The van der Waals surface area contributed by atoms with Gasteiger partial charge in [-0.15, -0.1) is 0 Å².